The van der Waals surface area contributed by atoms with Crippen LogP contribution in [-0.2, 0) is 17.8 Å². The summed E-state index contributed by atoms with van der Waals surface area (Å²) in [4.78, 5) is 25.4. The molecule has 0 aliphatic carbocycles. The molecule has 3 heterocycles. The molecule has 6 nitrogen and oxygen atoms in total. The second kappa shape index (κ2) is 7.11. The number of rotatable bonds is 3. The van der Waals surface area contributed by atoms with E-state index in [4.69, 9.17) is 9.72 Å². The Balaban J connectivity index is 1.50. The average Bonchev–Trinajstić information content (AvgIpc) is 3.11. The zero-order chi connectivity index (χ0) is 18.1. The van der Waals surface area contributed by atoms with Gasteiger partial charge in [0.15, 0.2) is 0 Å². The number of nitrogens with zero attached hydrogens (tertiary/aromatic N) is 3. The topological polar surface area (TPSA) is 61.5 Å². The molecule has 0 saturated carbocycles. The van der Waals surface area contributed by atoms with Crippen molar-refractivity contribution in [1.29, 1.82) is 0 Å². The molecule has 0 radical (unpaired) electrons. The highest BCUT2D eigenvalue weighted by atomic mass is 16.5. The van der Waals surface area contributed by atoms with Gasteiger partial charge in [0.25, 0.3) is 0 Å². The molecule has 26 heavy (non-hydrogen) atoms. The first kappa shape index (κ1) is 17.1. The molecular weight excluding hydrogens is 328 g/mol. The van der Waals surface area contributed by atoms with Gasteiger partial charge in [-0.1, -0.05) is 12.1 Å². The van der Waals surface area contributed by atoms with Crippen molar-refractivity contribution >= 4 is 5.91 Å². The van der Waals surface area contributed by atoms with E-state index in [2.05, 4.69) is 16.9 Å². The van der Waals surface area contributed by atoms with Gasteiger partial charge in [0.2, 0.25) is 5.91 Å². The number of carbonyl (C=O) groups is 1. The van der Waals surface area contributed by atoms with E-state index in [1.807, 2.05) is 29.2 Å². The van der Waals surface area contributed by atoms with Crippen LogP contribution >= 0.6 is 0 Å². The number of amides is 1. The third kappa shape index (κ3) is 3.33. The number of ether oxygens (including phenoxy) is 1. The monoisotopic (exact) mass is 354 g/mol. The van der Waals surface area contributed by atoms with Crippen LogP contribution in [0.1, 0.15) is 24.2 Å². The summed E-state index contributed by atoms with van der Waals surface area (Å²) >= 11 is 0. The summed E-state index contributed by atoms with van der Waals surface area (Å²) in [6.45, 7) is 3.36. The minimum absolute atomic E-state index is 0.135. The van der Waals surface area contributed by atoms with E-state index in [9.17, 15) is 4.79 Å². The zero-order valence-electron chi connectivity index (χ0n) is 15.5. The Morgan fingerprint density at radius 2 is 2.23 bits per heavy atom. The number of piperidine rings is 1. The van der Waals surface area contributed by atoms with Crippen molar-refractivity contribution in [1.82, 2.24) is 19.8 Å². The molecule has 1 amide bonds. The third-order valence-corrected chi connectivity index (χ3v) is 5.46. The molecule has 0 spiro atoms. The number of imidazole rings is 1. The van der Waals surface area contributed by atoms with E-state index in [0.717, 1.165) is 67.4 Å². The number of aromatic nitrogens is 2. The van der Waals surface area contributed by atoms with Gasteiger partial charge in [-0.3, -0.25) is 4.79 Å². The molecule has 1 aromatic heterocycles. The maximum atomic E-state index is 12.9. The van der Waals surface area contributed by atoms with Gasteiger partial charge in [-0.25, -0.2) is 4.98 Å². The van der Waals surface area contributed by atoms with Crippen LogP contribution in [0.25, 0.3) is 11.4 Å². The summed E-state index contributed by atoms with van der Waals surface area (Å²) in [6.07, 6.45) is 2.92. The van der Waals surface area contributed by atoms with Crippen LogP contribution in [-0.4, -0.2) is 59.5 Å². The summed E-state index contributed by atoms with van der Waals surface area (Å²) in [7, 11) is 3.77. The normalized spacial score (nSPS) is 20.7. The van der Waals surface area contributed by atoms with Crippen LogP contribution < -0.4 is 4.74 Å². The van der Waals surface area contributed by atoms with E-state index >= 15 is 0 Å². The Bertz CT molecular complexity index is 801. The van der Waals surface area contributed by atoms with Crippen LogP contribution in [0, 0.1) is 5.92 Å². The summed E-state index contributed by atoms with van der Waals surface area (Å²) in [6, 6.07) is 7.89. The molecule has 6 heteroatoms. The van der Waals surface area contributed by atoms with Crippen molar-refractivity contribution in [2.75, 3.05) is 33.8 Å². The SMILES string of the molecule is COc1cccc(-c2nc3c([nH]2)CN(C(=O)C2CCCN(C)C2)CC3)c1. The number of aromatic amines is 1. The number of H-pyrrole nitrogens is 1. The molecule has 2 aliphatic heterocycles. The van der Waals surface area contributed by atoms with Gasteiger partial charge >= 0.3 is 0 Å². The smallest absolute Gasteiger partial charge is 0.227 e. The van der Waals surface area contributed by atoms with Crippen LogP contribution in [0.2, 0.25) is 0 Å². The Morgan fingerprint density at radius 3 is 3.04 bits per heavy atom. The van der Waals surface area contributed by atoms with E-state index in [1.165, 1.54) is 0 Å². The van der Waals surface area contributed by atoms with Crippen LogP contribution in [0.3, 0.4) is 0 Å². The predicted octanol–water partition coefficient (Wildman–Crippen LogP) is 2.31. The van der Waals surface area contributed by atoms with Crippen LogP contribution in [0.4, 0.5) is 0 Å². The lowest BCUT2D eigenvalue weighted by atomic mass is 9.96. The fourth-order valence-electron chi connectivity index (χ4n) is 4.02. The van der Waals surface area contributed by atoms with Crippen LogP contribution in [0.5, 0.6) is 5.75 Å². The molecule has 0 bridgehead atoms. The third-order valence-electron chi connectivity index (χ3n) is 5.46. The number of carbonyl (C=O) groups excluding carboxylic acids is 1. The van der Waals surface area contributed by atoms with Gasteiger partial charge in [-0.05, 0) is 38.6 Å². The van der Waals surface area contributed by atoms with Crippen molar-refractivity contribution in [2.45, 2.75) is 25.8 Å². The van der Waals surface area contributed by atoms with Crippen molar-refractivity contribution in [2.24, 2.45) is 5.92 Å². The summed E-state index contributed by atoms with van der Waals surface area (Å²) in [5, 5.41) is 0. The van der Waals surface area contributed by atoms with Crippen molar-refractivity contribution in [3.05, 3.63) is 35.7 Å². The highest BCUT2D eigenvalue weighted by Crippen LogP contribution is 2.27. The predicted molar refractivity (Wildman–Crippen MR) is 99.9 cm³/mol. The van der Waals surface area contributed by atoms with Crippen molar-refractivity contribution < 1.29 is 9.53 Å². The van der Waals surface area contributed by atoms with E-state index < -0.39 is 0 Å². The first-order chi connectivity index (χ1) is 12.6. The Morgan fingerprint density at radius 1 is 1.35 bits per heavy atom. The second-order valence-electron chi connectivity index (χ2n) is 7.35. The molecule has 4 rings (SSSR count). The molecule has 1 fully saturated rings. The second-order valence-corrected chi connectivity index (χ2v) is 7.35. The Labute approximate surface area is 154 Å². The number of hydrogen-bond donors (Lipinski definition) is 1. The van der Waals surface area contributed by atoms with Gasteiger partial charge in [-0.15, -0.1) is 0 Å². The molecular formula is C20H26N4O2. The Hall–Kier alpha value is -2.34. The van der Waals surface area contributed by atoms with E-state index in [1.54, 1.807) is 7.11 Å². The van der Waals surface area contributed by atoms with Crippen molar-refractivity contribution in [3.63, 3.8) is 0 Å². The average molecular weight is 354 g/mol. The number of fused-ring (bicyclic) bond motifs is 1. The minimum atomic E-state index is 0.135. The lowest BCUT2D eigenvalue weighted by molar-refractivity contribution is -0.138. The fourth-order valence-corrected chi connectivity index (χ4v) is 4.02. The highest BCUT2D eigenvalue weighted by molar-refractivity contribution is 5.79. The van der Waals surface area contributed by atoms with Crippen molar-refractivity contribution in [3.8, 4) is 17.1 Å². The molecule has 1 saturated heterocycles. The largest absolute Gasteiger partial charge is 0.497 e. The lowest BCUT2D eigenvalue weighted by Crippen LogP contribution is -2.45. The van der Waals surface area contributed by atoms with Gasteiger partial charge in [0.05, 0.1) is 31.0 Å². The molecule has 2 aromatic rings. The number of hydrogen-bond acceptors (Lipinski definition) is 4. The molecule has 1 unspecified atom stereocenters. The van der Waals surface area contributed by atoms with Gasteiger partial charge < -0.3 is 19.5 Å². The number of methoxy groups -OCH3 is 1. The summed E-state index contributed by atoms with van der Waals surface area (Å²) < 4.78 is 5.30. The number of nitrogens with one attached hydrogen (secondary N) is 1. The standard InChI is InChI=1S/C20H26N4O2/c1-23-9-4-6-15(12-23)20(25)24-10-8-17-18(13-24)22-19(21-17)14-5-3-7-16(11-14)26-2/h3,5,7,11,15H,4,6,8-10,12-13H2,1-2H3,(H,21,22). The van der Waals surface area contributed by atoms with Gasteiger partial charge in [0.1, 0.15) is 11.6 Å². The number of likely N-dealkylation sites (tertiary alicyclic amines) is 1. The summed E-state index contributed by atoms with van der Waals surface area (Å²) in [5.74, 6) is 2.09. The first-order valence-electron chi connectivity index (χ1n) is 9.33. The fraction of sp³-hybridized carbons (Fsp3) is 0.500. The molecule has 1 atom stereocenters. The van der Waals surface area contributed by atoms with E-state index in [-0.39, 0.29) is 5.92 Å². The molecule has 2 aliphatic rings. The van der Waals surface area contributed by atoms with Gasteiger partial charge in [0, 0.05) is 25.1 Å². The Kier molecular flexibility index (Phi) is 4.68. The van der Waals surface area contributed by atoms with Gasteiger partial charge in [-0.2, -0.15) is 0 Å². The number of benzene rings is 1. The summed E-state index contributed by atoms with van der Waals surface area (Å²) in [5.41, 5.74) is 3.14. The molecule has 1 aromatic carbocycles. The zero-order valence-corrected chi connectivity index (χ0v) is 15.5. The maximum Gasteiger partial charge on any atom is 0.227 e. The lowest BCUT2D eigenvalue weighted by Gasteiger charge is -2.34. The molecule has 1 N–H and O–H groups in total. The maximum absolute atomic E-state index is 12.9. The van der Waals surface area contributed by atoms with Crippen LogP contribution in [0.15, 0.2) is 24.3 Å². The van der Waals surface area contributed by atoms with E-state index in [0.29, 0.717) is 12.5 Å². The first-order valence-corrected chi connectivity index (χ1v) is 9.33. The quantitative estimate of drug-likeness (QED) is 0.919. The minimum Gasteiger partial charge on any atom is -0.497 e. The molecule has 138 valence electrons. The highest BCUT2D eigenvalue weighted by Gasteiger charge is 2.31.